The van der Waals surface area contributed by atoms with E-state index in [1.54, 1.807) is 0 Å². The maximum atomic E-state index is 12.7. The summed E-state index contributed by atoms with van der Waals surface area (Å²) in [5.41, 5.74) is 0. The molecule has 1 saturated carbocycles. The lowest BCUT2D eigenvalue weighted by Gasteiger charge is -2.35. The fourth-order valence-corrected chi connectivity index (χ4v) is 3.58. The Morgan fingerprint density at radius 2 is 1.89 bits per heavy atom. The second-order valence-corrected chi connectivity index (χ2v) is 6.73. The zero-order valence-corrected chi connectivity index (χ0v) is 13.0. The molecular weight excluding hydrogens is 236 g/mol. The number of nitrogens with one attached hydrogen (secondary N) is 1. The smallest absolute Gasteiger partial charge is 0.241 e. The first-order chi connectivity index (χ1) is 9.06. The maximum Gasteiger partial charge on any atom is 0.241 e. The van der Waals surface area contributed by atoms with Crippen molar-refractivity contribution in [2.75, 3.05) is 0 Å². The first kappa shape index (κ1) is 14.8. The molecular formula is C16H30N2O. The van der Waals surface area contributed by atoms with E-state index in [-0.39, 0.29) is 6.04 Å². The van der Waals surface area contributed by atoms with E-state index in [0.29, 0.717) is 30.0 Å². The van der Waals surface area contributed by atoms with Crippen LogP contribution in [0.1, 0.15) is 66.2 Å². The van der Waals surface area contributed by atoms with Crippen molar-refractivity contribution in [2.45, 2.75) is 84.5 Å². The summed E-state index contributed by atoms with van der Waals surface area (Å²) in [4.78, 5) is 14.9. The van der Waals surface area contributed by atoms with Crippen molar-refractivity contribution in [3.05, 3.63) is 0 Å². The summed E-state index contributed by atoms with van der Waals surface area (Å²) in [5.74, 6) is 1.54. The predicted molar refractivity (Wildman–Crippen MR) is 78.7 cm³/mol. The Kier molecular flexibility index (Phi) is 4.88. The molecule has 1 aliphatic carbocycles. The Bertz CT molecular complexity index is 310. The van der Waals surface area contributed by atoms with E-state index in [9.17, 15) is 4.79 Å². The number of rotatable bonds is 5. The molecule has 3 unspecified atom stereocenters. The molecule has 0 radical (unpaired) electrons. The summed E-state index contributed by atoms with van der Waals surface area (Å²) in [6, 6.07) is 0.407. The first-order valence-electron chi connectivity index (χ1n) is 8.14. The Hall–Kier alpha value is -0.570. The van der Waals surface area contributed by atoms with E-state index in [0.717, 1.165) is 12.8 Å². The van der Waals surface area contributed by atoms with Gasteiger partial charge in [0.05, 0.1) is 12.2 Å². The number of carbonyl (C=O) groups excluding carboxylic acids is 1. The third kappa shape index (κ3) is 2.96. The third-order valence-corrected chi connectivity index (χ3v) is 5.05. The summed E-state index contributed by atoms with van der Waals surface area (Å²) in [5, 5.41) is 3.65. The number of nitrogens with zero attached hydrogens (tertiary/aromatic N) is 1. The number of carbonyl (C=O) groups is 1. The molecule has 0 aromatic carbocycles. The average molecular weight is 266 g/mol. The van der Waals surface area contributed by atoms with Gasteiger partial charge in [-0.05, 0) is 38.0 Å². The average Bonchev–Trinajstić information content (AvgIpc) is 2.98. The van der Waals surface area contributed by atoms with Gasteiger partial charge in [-0.25, -0.2) is 0 Å². The van der Waals surface area contributed by atoms with Crippen LogP contribution in [0.4, 0.5) is 0 Å². The van der Waals surface area contributed by atoms with Crippen LogP contribution in [-0.2, 0) is 4.79 Å². The predicted octanol–water partition coefficient (Wildman–Crippen LogP) is 3.15. The summed E-state index contributed by atoms with van der Waals surface area (Å²) < 4.78 is 0. The number of hydrogen-bond acceptors (Lipinski definition) is 2. The molecule has 0 bridgehead atoms. The zero-order chi connectivity index (χ0) is 14.0. The van der Waals surface area contributed by atoms with Crippen LogP contribution in [0.15, 0.2) is 0 Å². The zero-order valence-electron chi connectivity index (χ0n) is 13.0. The van der Waals surface area contributed by atoms with Gasteiger partial charge in [-0.3, -0.25) is 10.1 Å². The van der Waals surface area contributed by atoms with Gasteiger partial charge in [0.1, 0.15) is 0 Å². The van der Waals surface area contributed by atoms with Crippen molar-refractivity contribution < 1.29 is 4.79 Å². The van der Waals surface area contributed by atoms with Gasteiger partial charge in [0.25, 0.3) is 0 Å². The molecule has 2 rings (SSSR count). The Morgan fingerprint density at radius 3 is 2.42 bits per heavy atom. The van der Waals surface area contributed by atoms with Gasteiger partial charge < -0.3 is 4.90 Å². The Labute approximate surface area is 118 Å². The second kappa shape index (κ2) is 6.25. The minimum absolute atomic E-state index is 0.0665. The molecule has 3 heteroatoms. The molecule has 19 heavy (non-hydrogen) atoms. The molecule has 2 fully saturated rings. The van der Waals surface area contributed by atoms with Gasteiger partial charge in [0, 0.05) is 6.04 Å². The van der Waals surface area contributed by atoms with E-state index in [1.165, 1.54) is 25.7 Å². The molecule has 1 aliphatic heterocycles. The second-order valence-electron chi connectivity index (χ2n) is 6.73. The molecule has 1 saturated heterocycles. The molecule has 1 N–H and O–H groups in total. The Morgan fingerprint density at radius 1 is 1.26 bits per heavy atom. The minimum Gasteiger partial charge on any atom is -0.323 e. The summed E-state index contributed by atoms with van der Waals surface area (Å²) in [7, 11) is 0. The molecule has 1 heterocycles. The van der Waals surface area contributed by atoms with Crippen molar-refractivity contribution in [3.63, 3.8) is 0 Å². The van der Waals surface area contributed by atoms with Crippen LogP contribution in [0, 0.1) is 11.8 Å². The highest BCUT2D eigenvalue weighted by atomic mass is 16.2. The lowest BCUT2D eigenvalue weighted by molar-refractivity contribution is -0.133. The fourth-order valence-electron chi connectivity index (χ4n) is 3.58. The molecule has 0 aromatic heterocycles. The summed E-state index contributed by atoms with van der Waals surface area (Å²) >= 11 is 0. The minimum atomic E-state index is 0.0665. The third-order valence-electron chi connectivity index (χ3n) is 5.05. The SMILES string of the molecule is CCCC1NC(C2CCCC2)N(C(C)C(C)C)C1=O. The summed E-state index contributed by atoms with van der Waals surface area (Å²) in [6.45, 7) is 8.81. The van der Waals surface area contributed by atoms with Crippen molar-refractivity contribution >= 4 is 5.91 Å². The molecule has 1 amide bonds. The van der Waals surface area contributed by atoms with Crippen LogP contribution in [0.2, 0.25) is 0 Å². The van der Waals surface area contributed by atoms with Crippen LogP contribution >= 0.6 is 0 Å². The van der Waals surface area contributed by atoms with E-state index >= 15 is 0 Å². The van der Waals surface area contributed by atoms with Gasteiger partial charge >= 0.3 is 0 Å². The largest absolute Gasteiger partial charge is 0.323 e. The summed E-state index contributed by atoms with van der Waals surface area (Å²) in [6.07, 6.45) is 7.58. The van der Waals surface area contributed by atoms with E-state index in [2.05, 4.69) is 37.9 Å². The highest BCUT2D eigenvalue weighted by molar-refractivity contribution is 5.84. The van der Waals surface area contributed by atoms with Gasteiger partial charge in [-0.15, -0.1) is 0 Å². The lowest BCUT2D eigenvalue weighted by Crippen LogP contribution is -2.48. The fraction of sp³-hybridized carbons (Fsp3) is 0.938. The van der Waals surface area contributed by atoms with Crippen LogP contribution in [-0.4, -0.2) is 29.1 Å². The Balaban J connectivity index is 2.15. The number of amides is 1. The highest BCUT2D eigenvalue weighted by Gasteiger charge is 2.44. The van der Waals surface area contributed by atoms with Gasteiger partial charge in [0.2, 0.25) is 5.91 Å². The first-order valence-corrected chi connectivity index (χ1v) is 8.14. The van der Waals surface area contributed by atoms with Crippen molar-refractivity contribution in [1.82, 2.24) is 10.2 Å². The van der Waals surface area contributed by atoms with Crippen LogP contribution in [0.5, 0.6) is 0 Å². The van der Waals surface area contributed by atoms with Gasteiger partial charge in [0.15, 0.2) is 0 Å². The monoisotopic (exact) mass is 266 g/mol. The normalized spacial score (nSPS) is 30.6. The molecule has 110 valence electrons. The molecule has 3 nitrogen and oxygen atoms in total. The van der Waals surface area contributed by atoms with Crippen LogP contribution in [0.25, 0.3) is 0 Å². The topological polar surface area (TPSA) is 32.3 Å². The quantitative estimate of drug-likeness (QED) is 0.829. The van der Waals surface area contributed by atoms with E-state index in [1.807, 2.05) is 0 Å². The standard InChI is InChI=1S/C16H30N2O/c1-5-8-14-16(19)18(12(4)11(2)3)15(17-14)13-9-6-7-10-13/h11-15,17H,5-10H2,1-4H3. The van der Waals surface area contributed by atoms with Crippen molar-refractivity contribution in [1.29, 1.82) is 0 Å². The van der Waals surface area contributed by atoms with E-state index in [4.69, 9.17) is 0 Å². The maximum absolute atomic E-state index is 12.7. The van der Waals surface area contributed by atoms with Gasteiger partial charge in [-0.1, -0.05) is 40.0 Å². The lowest BCUT2D eigenvalue weighted by atomic mass is 9.99. The van der Waals surface area contributed by atoms with Gasteiger partial charge in [-0.2, -0.15) is 0 Å². The van der Waals surface area contributed by atoms with Crippen molar-refractivity contribution in [2.24, 2.45) is 11.8 Å². The van der Waals surface area contributed by atoms with Crippen LogP contribution < -0.4 is 5.32 Å². The number of hydrogen-bond donors (Lipinski definition) is 1. The molecule has 2 aliphatic rings. The highest BCUT2D eigenvalue weighted by Crippen LogP contribution is 2.34. The molecule has 0 aromatic rings. The molecule has 0 spiro atoms. The van der Waals surface area contributed by atoms with E-state index < -0.39 is 0 Å². The van der Waals surface area contributed by atoms with Crippen molar-refractivity contribution in [3.8, 4) is 0 Å². The van der Waals surface area contributed by atoms with Crippen LogP contribution in [0.3, 0.4) is 0 Å². The molecule has 3 atom stereocenters.